The summed E-state index contributed by atoms with van der Waals surface area (Å²) in [7, 11) is 0. The Morgan fingerprint density at radius 3 is 2.56 bits per heavy atom. The van der Waals surface area contributed by atoms with E-state index in [-0.39, 0.29) is 28.9 Å². The average Bonchev–Trinajstić information content (AvgIpc) is 3.37. The molecule has 0 bridgehead atoms. The highest BCUT2D eigenvalue weighted by molar-refractivity contribution is 5.32. The van der Waals surface area contributed by atoms with Gasteiger partial charge >= 0.3 is 0 Å². The van der Waals surface area contributed by atoms with Crippen LogP contribution in [0.25, 0.3) is 0 Å². The Labute approximate surface area is 161 Å². The van der Waals surface area contributed by atoms with Gasteiger partial charge in [0.05, 0.1) is 0 Å². The van der Waals surface area contributed by atoms with E-state index in [4.69, 9.17) is 4.74 Å². The van der Waals surface area contributed by atoms with Crippen LogP contribution in [0, 0.1) is 22.7 Å². The maximum absolute atomic E-state index is 10.8. The lowest BCUT2D eigenvalue weighted by atomic mass is 9.47. The molecule has 4 N–H and O–H groups in total. The highest BCUT2D eigenvalue weighted by atomic mass is 16.6. The van der Waals surface area contributed by atoms with Crippen LogP contribution < -0.4 is 0 Å². The Morgan fingerprint density at radius 1 is 1.19 bits per heavy atom. The molecule has 4 rings (SSSR count). The number of allylic oxidation sites excluding steroid dienone is 2. The number of rotatable bonds is 3. The minimum atomic E-state index is -1.16. The van der Waals surface area contributed by atoms with Crippen molar-refractivity contribution in [1.29, 1.82) is 0 Å². The average molecular weight is 379 g/mol. The second-order valence-electron chi connectivity index (χ2n) is 10.1. The first-order valence-electron chi connectivity index (χ1n) is 10.3. The largest absolute Gasteiger partial charge is 0.396 e. The normalized spacial score (nSPS) is 54.8. The van der Waals surface area contributed by atoms with Crippen LogP contribution in [0.15, 0.2) is 23.8 Å². The van der Waals surface area contributed by atoms with Gasteiger partial charge in [-0.1, -0.05) is 38.5 Å². The summed E-state index contributed by atoms with van der Waals surface area (Å²) < 4.78 is 5.89. The molecular weight excluding hydrogens is 344 g/mol. The van der Waals surface area contributed by atoms with Crippen molar-refractivity contribution in [2.24, 2.45) is 22.7 Å². The summed E-state index contributed by atoms with van der Waals surface area (Å²) >= 11 is 0. The van der Waals surface area contributed by atoms with E-state index in [1.807, 2.05) is 0 Å². The maximum atomic E-state index is 10.8. The molecular formula is C22H34O5. The lowest BCUT2D eigenvalue weighted by Crippen LogP contribution is -2.56. The summed E-state index contributed by atoms with van der Waals surface area (Å²) in [6.45, 7) is 10.6. The van der Waals surface area contributed by atoms with Crippen molar-refractivity contribution >= 4 is 0 Å². The van der Waals surface area contributed by atoms with Gasteiger partial charge in [0.25, 0.3) is 0 Å². The lowest BCUT2D eigenvalue weighted by Gasteiger charge is -2.58. The van der Waals surface area contributed by atoms with Gasteiger partial charge in [0, 0.05) is 6.61 Å². The van der Waals surface area contributed by atoms with Crippen LogP contribution in [-0.4, -0.2) is 57.0 Å². The van der Waals surface area contributed by atoms with Crippen molar-refractivity contribution in [2.75, 3.05) is 6.61 Å². The van der Waals surface area contributed by atoms with Crippen molar-refractivity contribution in [3.8, 4) is 0 Å². The smallest absolute Gasteiger partial charge is 0.127 e. The molecule has 0 aromatic heterocycles. The van der Waals surface area contributed by atoms with Gasteiger partial charge in [-0.05, 0) is 60.8 Å². The molecule has 1 saturated heterocycles. The van der Waals surface area contributed by atoms with E-state index in [2.05, 4.69) is 33.4 Å². The molecule has 0 spiro atoms. The second-order valence-corrected chi connectivity index (χ2v) is 10.1. The number of aliphatic hydroxyl groups excluding tert-OH is 4. The molecule has 0 radical (unpaired) electrons. The topological polar surface area (TPSA) is 93.5 Å². The van der Waals surface area contributed by atoms with Crippen LogP contribution in [0.4, 0.5) is 0 Å². The van der Waals surface area contributed by atoms with Crippen LogP contribution in [0.1, 0.15) is 52.9 Å². The fourth-order valence-electron chi connectivity index (χ4n) is 6.75. The van der Waals surface area contributed by atoms with E-state index in [0.717, 1.165) is 25.7 Å². The number of hydrogen-bond donors (Lipinski definition) is 4. The van der Waals surface area contributed by atoms with E-state index >= 15 is 0 Å². The first-order valence-corrected chi connectivity index (χ1v) is 10.3. The summed E-state index contributed by atoms with van der Waals surface area (Å²) in [5, 5.41) is 41.6. The molecule has 4 aliphatic rings. The van der Waals surface area contributed by atoms with Gasteiger partial charge in [-0.2, -0.15) is 0 Å². The van der Waals surface area contributed by atoms with Crippen LogP contribution >= 0.6 is 0 Å². The summed E-state index contributed by atoms with van der Waals surface area (Å²) in [5.74, 6) is 0.560. The minimum Gasteiger partial charge on any atom is -0.396 e. The van der Waals surface area contributed by atoms with Gasteiger partial charge in [-0.25, -0.2) is 0 Å². The summed E-state index contributed by atoms with van der Waals surface area (Å²) in [4.78, 5) is 0. The zero-order chi connectivity index (χ0) is 19.8. The molecule has 3 fully saturated rings. The Hall–Kier alpha value is -0.720. The third kappa shape index (κ3) is 2.55. The number of fused-ring (bicyclic) bond motifs is 2. The number of aliphatic hydroxyl groups is 4. The number of epoxide rings is 1. The highest BCUT2D eigenvalue weighted by Crippen LogP contribution is 2.63. The molecule has 3 aliphatic carbocycles. The molecule has 152 valence electrons. The minimum absolute atomic E-state index is 0.00386. The Kier molecular flexibility index (Phi) is 4.45. The quantitative estimate of drug-likeness (QED) is 0.445. The monoisotopic (exact) mass is 378 g/mol. The van der Waals surface area contributed by atoms with Gasteiger partial charge in [0.15, 0.2) is 0 Å². The summed E-state index contributed by atoms with van der Waals surface area (Å²) in [5.41, 5.74) is 0.538. The summed E-state index contributed by atoms with van der Waals surface area (Å²) in [6.07, 6.45) is 3.37. The van der Waals surface area contributed by atoms with Crippen LogP contribution in [0.2, 0.25) is 0 Å². The van der Waals surface area contributed by atoms with Crippen molar-refractivity contribution < 1.29 is 25.2 Å². The van der Waals surface area contributed by atoms with Gasteiger partial charge < -0.3 is 25.2 Å². The molecule has 2 saturated carbocycles. The lowest BCUT2D eigenvalue weighted by molar-refractivity contribution is -0.0896. The van der Waals surface area contributed by atoms with E-state index in [1.54, 1.807) is 0 Å². The third-order valence-electron chi connectivity index (χ3n) is 8.62. The zero-order valence-electron chi connectivity index (χ0n) is 16.7. The van der Waals surface area contributed by atoms with Crippen molar-refractivity contribution in [2.45, 2.75) is 82.9 Å². The van der Waals surface area contributed by atoms with E-state index in [0.29, 0.717) is 12.3 Å². The third-order valence-corrected chi connectivity index (χ3v) is 8.62. The molecule has 5 nitrogen and oxygen atoms in total. The van der Waals surface area contributed by atoms with Crippen molar-refractivity contribution in [3.63, 3.8) is 0 Å². The van der Waals surface area contributed by atoms with Gasteiger partial charge in [-0.3, -0.25) is 0 Å². The van der Waals surface area contributed by atoms with Gasteiger partial charge in [0.2, 0.25) is 0 Å². The molecule has 0 amide bonds. The number of hydrogen-bond acceptors (Lipinski definition) is 5. The molecule has 27 heavy (non-hydrogen) atoms. The predicted octanol–water partition coefficient (Wildman–Crippen LogP) is 1.94. The Morgan fingerprint density at radius 2 is 1.89 bits per heavy atom. The van der Waals surface area contributed by atoms with Crippen LogP contribution in [0.5, 0.6) is 0 Å². The fourth-order valence-corrected chi connectivity index (χ4v) is 6.75. The highest BCUT2D eigenvalue weighted by Gasteiger charge is 2.71. The second kappa shape index (κ2) is 6.14. The number of ether oxygens (including phenoxy) is 1. The maximum Gasteiger partial charge on any atom is 0.127 e. The molecule has 0 aromatic carbocycles. The van der Waals surface area contributed by atoms with Crippen molar-refractivity contribution in [1.82, 2.24) is 0 Å². The molecule has 9 atom stereocenters. The first-order chi connectivity index (χ1) is 12.6. The fraction of sp³-hybridized carbons (Fsp3) is 0.818. The SMILES string of the molecule is C=C1[C@@H](O)[C@@H](O)[C@@]2(C[C@@H]3C(C)=CC[C@H]4[C@](C)(CO)CCC[C@]34C)O[C@H]2[C@H]1O. The Bertz CT molecular complexity index is 674. The Balaban J connectivity index is 1.67. The first kappa shape index (κ1) is 19.6. The molecule has 1 aliphatic heterocycles. The molecule has 0 aromatic rings. The molecule has 0 unspecified atom stereocenters. The predicted molar refractivity (Wildman–Crippen MR) is 102 cm³/mol. The van der Waals surface area contributed by atoms with E-state index in [9.17, 15) is 20.4 Å². The molecule has 5 heteroatoms. The standard InChI is InChI=1S/C22H34O5/c1-12-6-7-15-20(3,11-23)8-5-9-21(15,4)14(12)10-22-18(26)16(24)13(2)17(25)19(22)27-22/h6,14-19,23-26H,2,5,7-11H2,1,3-4H3/t14-,15+,16-,17+,18-,19+,20+,21-,22-/m1/s1. The molecule has 1 heterocycles. The summed E-state index contributed by atoms with van der Waals surface area (Å²) in [6, 6.07) is 0. The van der Waals surface area contributed by atoms with Crippen LogP contribution in [0.3, 0.4) is 0 Å². The van der Waals surface area contributed by atoms with E-state index < -0.39 is 30.0 Å². The van der Waals surface area contributed by atoms with Crippen molar-refractivity contribution in [3.05, 3.63) is 23.8 Å². The van der Waals surface area contributed by atoms with Gasteiger partial charge in [0.1, 0.15) is 30.0 Å². The van der Waals surface area contributed by atoms with Gasteiger partial charge in [-0.15, -0.1) is 0 Å². The van der Waals surface area contributed by atoms with Crippen LogP contribution in [-0.2, 0) is 4.74 Å². The van der Waals surface area contributed by atoms with E-state index in [1.165, 1.54) is 5.57 Å². The zero-order valence-corrected chi connectivity index (χ0v) is 16.7.